The number of hydrogen-bond donors (Lipinski definition) is 0. The molecule has 2 aromatic rings. The quantitative estimate of drug-likeness (QED) is 0.709. The Morgan fingerprint density at radius 1 is 1.10 bits per heavy atom. The van der Waals surface area contributed by atoms with Crippen molar-refractivity contribution >= 4 is 29.3 Å². The van der Waals surface area contributed by atoms with E-state index in [-0.39, 0.29) is 30.0 Å². The molecule has 31 heavy (non-hydrogen) atoms. The summed E-state index contributed by atoms with van der Waals surface area (Å²) in [4.78, 5) is 30.6. The summed E-state index contributed by atoms with van der Waals surface area (Å²) in [6, 6.07) is 13.5. The van der Waals surface area contributed by atoms with Gasteiger partial charge in [0.05, 0.1) is 33.1 Å². The first-order valence-corrected chi connectivity index (χ1v) is 11.1. The van der Waals surface area contributed by atoms with E-state index in [4.69, 9.17) is 14.2 Å². The number of anilines is 1. The summed E-state index contributed by atoms with van der Waals surface area (Å²) in [6.45, 7) is 2.23. The lowest BCUT2D eigenvalue weighted by Gasteiger charge is -2.30. The zero-order valence-corrected chi connectivity index (χ0v) is 18.5. The van der Waals surface area contributed by atoms with Gasteiger partial charge in [-0.25, -0.2) is 0 Å². The minimum absolute atomic E-state index is 0.0368. The normalized spacial score (nSPS) is 18.9. The number of hydrogen-bond acceptors (Lipinski definition) is 6. The topological polar surface area (TPSA) is 68.3 Å². The van der Waals surface area contributed by atoms with Gasteiger partial charge in [0.25, 0.3) is 0 Å². The van der Waals surface area contributed by atoms with Crippen molar-refractivity contribution in [3.05, 3.63) is 48.0 Å². The maximum absolute atomic E-state index is 13.3. The van der Waals surface area contributed by atoms with Crippen LogP contribution in [0.25, 0.3) is 0 Å². The van der Waals surface area contributed by atoms with Crippen molar-refractivity contribution in [2.24, 2.45) is 0 Å². The van der Waals surface area contributed by atoms with Gasteiger partial charge in [-0.1, -0.05) is 18.2 Å². The van der Waals surface area contributed by atoms with E-state index < -0.39 is 0 Å². The van der Waals surface area contributed by atoms with E-state index in [1.165, 1.54) is 0 Å². The van der Waals surface area contributed by atoms with Gasteiger partial charge in [0.15, 0.2) is 11.5 Å². The number of nitrogens with zero attached hydrogens (tertiary/aromatic N) is 2. The van der Waals surface area contributed by atoms with Crippen molar-refractivity contribution < 1.29 is 23.8 Å². The highest BCUT2D eigenvalue weighted by molar-refractivity contribution is 7.99. The van der Waals surface area contributed by atoms with E-state index in [9.17, 15) is 9.59 Å². The minimum atomic E-state index is -0.100. The Labute approximate surface area is 186 Å². The van der Waals surface area contributed by atoms with Crippen LogP contribution in [-0.4, -0.2) is 63.8 Å². The van der Waals surface area contributed by atoms with Crippen LogP contribution in [0, 0.1) is 0 Å². The van der Waals surface area contributed by atoms with Crippen LogP contribution in [0.2, 0.25) is 0 Å². The van der Waals surface area contributed by atoms with Crippen molar-refractivity contribution in [2.45, 2.75) is 16.6 Å². The summed E-state index contributed by atoms with van der Waals surface area (Å²) >= 11 is 1.63. The smallest absolute Gasteiger partial charge is 0.242 e. The van der Waals surface area contributed by atoms with Gasteiger partial charge in [0.2, 0.25) is 11.8 Å². The van der Waals surface area contributed by atoms with E-state index in [1.54, 1.807) is 35.8 Å². The van der Waals surface area contributed by atoms with Crippen molar-refractivity contribution in [3.63, 3.8) is 0 Å². The van der Waals surface area contributed by atoms with Crippen molar-refractivity contribution in [2.75, 3.05) is 52.0 Å². The van der Waals surface area contributed by atoms with Gasteiger partial charge in [-0.3, -0.25) is 9.59 Å². The molecule has 164 valence electrons. The van der Waals surface area contributed by atoms with Gasteiger partial charge >= 0.3 is 0 Å². The van der Waals surface area contributed by atoms with Crippen molar-refractivity contribution in [3.8, 4) is 11.5 Å². The van der Waals surface area contributed by atoms with Gasteiger partial charge in [-0.2, -0.15) is 0 Å². The van der Waals surface area contributed by atoms with Crippen LogP contribution in [0.15, 0.2) is 47.4 Å². The van der Waals surface area contributed by atoms with Crippen LogP contribution in [0.4, 0.5) is 5.69 Å². The molecule has 0 aliphatic carbocycles. The molecule has 0 radical (unpaired) electrons. The third kappa shape index (κ3) is 4.65. The number of ether oxygens (including phenoxy) is 3. The molecule has 2 aliphatic heterocycles. The monoisotopic (exact) mass is 442 g/mol. The highest BCUT2D eigenvalue weighted by Crippen LogP contribution is 2.46. The summed E-state index contributed by atoms with van der Waals surface area (Å²) in [5.74, 6) is 1.15. The molecular weight excluding hydrogens is 416 g/mol. The van der Waals surface area contributed by atoms with E-state index in [2.05, 4.69) is 0 Å². The standard InChI is InChI=1S/C23H26N2O5S/c1-28-18-8-7-16(13-19(18)29-2)21-14-22(26)25(17-5-3-4-6-20(17)31-21)15-23(27)24-9-11-30-12-10-24/h3-8,13,21H,9-12,14-15H2,1-2H3/t21-/m1/s1. The fraction of sp³-hybridized carbons (Fsp3) is 0.391. The fourth-order valence-electron chi connectivity index (χ4n) is 3.84. The molecule has 1 saturated heterocycles. The van der Waals surface area contributed by atoms with Crippen LogP contribution in [-0.2, 0) is 14.3 Å². The Kier molecular flexibility index (Phi) is 6.67. The summed E-state index contributed by atoms with van der Waals surface area (Å²) < 4.78 is 16.1. The molecule has 7 nitrogen and oxygen atoms in total. The van der Waals surface area contributed by atoms with Gasteiger partial charge in [-0.05, 0) is 29.8 Å². The van der Waals surface area contributed by atoms with Crippen LogP contribution < -0.4 is 14.4 Å². The van der Waals surface area contributed by atoms with Gasteiger partial charge in [0.1, 0.15) is 6.54 Å². The minimum Gasteiger partial charge on any atom is -0.493 e. The zero-order valence-electron chi connectivity index (χ0n) is 17.7. The Hall–Kier alpha value is -2.71. The van der Waals surface area contributed by atoms with Crippen LogP contribution in [0.3, 0.4) is 0 Å². The first-order valence-electron chi connectivity index (χ1n) is 10.2. The predicted octanol–water partition coefficient (Wildman–Crippen LogP) is 3.13. The van der Waals surface area contributed by atoms with Crippen LogP contribution in [0.1, 0.15) is 17.2 Å². The molecule has 0 bridgehead atoms. The molecule has 2 aromatic carbocycles. The third-order valence-corrected chi connectivity index (χ3v) is 6.85. The van der Waals surface area contributed by atoms with Crippen LogP contribution in [0.5, 0.6) is 11.5 Å². The second-order valence-electron chi connectivity index (χ2n) is 7.37. The lowest BCUT2D eigenvalue weighted by atomic mass is 10.1. The highest BCUT2D eigenvalue weighted by Gasteiger charge is 2.32. The van der Waals surface area contributed by atoms with Crippen molar-refractivity contribution in [1.82, 2.24) is 4.90 Å². The first-order chi connectivity index (χ1) is 15.1. The van der Waals surface area contributed by atoms with Gasteiger partial charge < -0.3 is 24.0 Å². The van der Waals surface area contributed by atoms with E-state index in [0.717, 1.165) is 16.1 Å². The second-order valence-corrected chi connectivity index (χ2v) is 8.61. The van der Waals surface area contributed by atoms with Crippen LogP contribution >= 0.6 is 11.8 Å². The summed E-state index contributed by atoms with van der Waals surface area (Å²) in [6.07, 6.45) is 0.283. The molecule has 8 heteroatoms. The molecule has 1 fully saturated rings. The van der Waals surface area contributed by atoms with Gasteiger partial charge in [-0.15, -0.1) is 11.8 Å². The molecule has 2 aliphatic rings. The number of rotatable bonds is 5. The SMILES string of the molecule is COc1ccc([C@H]2CC(=O)N(CC(=O)N3CCOCC3)c3ccccc3S2)cc1OC. The predicted molar refractivity (Wildman–Crippen MR) is 119 cm³/mol. The summed E-state index contributed by atoms with van der Waals surface area (Å²) in [5, 5.41) is -0.100. The number of methoxy groups -OCH3 is 2. The largest absolute Gasteiger partial charge is 0.493 e. The Morgan fingerprint density at radius 2 is 1.84 bits per heavy atom. The Balaban J connectivity index is 1.61. The molecule has 2 heterocycles. The summed E-state index contributed by atoms with van der Waals surface area (Å²) in [5.41, 5.74) is 1.76. The highest BCUT2D eigenvalue weighted by atomic mass is 32.2. The maximum Gasteiger partial charge on any atom is 0.242 e. The number of amides is 2. The lowest BCUT2D eigenvalue weighted by molar-refractivity contribution is -0.135. The molecule has 4 rings (SSSR count). The van der Waals surface area contributed by atoms with Gasteiger partial charge in [0, 0.05) is 29.7 Å². The lowest BCUT2D eigenvalue weighted by Crippen LogP contribution is -2.47. The molecular formula is C23H26N2O5S. The molecule has 0 saturated carbocycles. The average molecular weight is 443 g/mol. The molecule has 0 unspecified atom stereocenters. The molecule has 0 N–H and O–H groups in total. The number of thioether (sulfide) groups is 1. The van der Waals surface area contributed by atoms with E-state index in [0.29, 0.717) is 37.8 Å². The fourth-order valence-corrected chi connectivity index (χ4v) is 5.11. The molecule has 0 spiro atoms. The molecule has 1 atom stereocenters. The number of carbonyl (C=O) groups excluding carboxylic acids is 2. The zero-order chi connectivity index (χ0) is 21.8. The third-order valence-electron chi connectivity index (χ3n) is 5.52. The number of morpholine rings is 1. The number of fused-ring (bicyclic) bond motifs is 1. The number of carbonyl (C=O) groups is 2. The molecule has 0 aromatic heterocycles. The Morgan fingerprint density at radius 3 is 2.58 bits per heavy atom. The van der Waals surface area contributed by atoms with Crippen molar-refractivity contribution in [1.29, 1.82) is 0 Å². The first kappa shape index (κ1) is 21.5. The Bertz CT molecular complexity index is 961. The summed E-state index contributed by atoms with van der Waals surface area (Å²) in [7, 11) is 3.20. The number of benzene rings is 2. The second kappa shape index (κ2) is 9.62. The average Bonchev–Trinajstić information content (AvgIpc) is 2.95. The van der Waals surface area contributed by atoms with E-state index in [1.807, 2.05) is 42.5 Å². The number of para-hydroxylation sites is 1. The van der Waals surface area contributed by atoms with E-state index >= 15 is 0 Å². The molecule has 2 amide bonds. The maximum atomic E-state index is 13.3.